The van der Waals surface area contributed by atoms with Crippen molar-refractivity contribution >= 4 is 28.9 Å². The fourth-order valence-electron chi connectivity index (χ4n) is 3.50. The van der Waals surface area contributed by atoms with Gasteiger partial charge in [-0.3, -0.25) is 10.2 Å². The van der Waals surface area contributed by atoms with E-state index in [0.29, 0.717) is 16.6 Å². The van der Waals surface area contributed by atoms with Crippen LogP contribution >= 0.6 is 11.6 Å². The summed E-state index contributed by atoms with van der Waals surface area (Å²) in [6, 6.07) is 8.93. The van der Waals surface area contributed by atoms with Crippen LogP contribution in [-0.4, -0.2) is 17.7 Å². The largest absolute Gasteiger partial charge is 0.347 e. The van der Waals surface area contributed by atoms with E-state index in [1.165, 1.54) is 0 Å². The fourth-order valence-corrected chi connectivity index (χ4v) is 3.68. The van der Waals surface area contributed by atoms with Gasteiger partial charge in [0.2, 0.25) is 5.71 Å². The van der Waals surface area contributed by atoms with Crippen LogP contribution in [-0.2, 0) is 4.79 Å². The Labute approximate surface area is 148 Å². The second-order valence-electron chi connectivity index (χ2n) is 7.25. The zero-order valence-electron chi connectivity index (χ0n) is 14.3. The number of nitriles is 1. The van der Waals surface area contributed by atoms with Crippen molar-refractivity contribution in [3.63, 3.8) is 0 Å². The van der Waals surface area contributed by atoms with Crippen LogP contribution in [0.4, 0.5) is 5.69 Å². The van der Waals surface area contributed by atoms with Gasteiger partial charge in [0, 0.05) is 6.04 Å². The zero-order chi connectivity index (χ0) is 17.7. The summed E-state index contributed by atoms with van der Waals surface area (Å²) in [7, 11) is 0. The maximum Gasteiger partial charge on any atom is 0.282 e. The number of carbonyl (C=O) groups is 1. The third kappa shape index (κ3) is 4.97. The van der Waals surface area contributed by atoms with Crippen molar-refractivity contribution in [1.82, 2.24) is 5.32 Å². The molecule has 128 valence electrons. The monoisotopic (exact) mass is 346 g/mol. The molecule has 0 aromatic heterocycles. The number of hydrogen-bond donors (Lipinski definition) is 2. The number of carbonyl (C=O) groups excluding carboxylic acids is 1. The highest BCUT2D eigenvalue weighted by Gasteiger charge is 2.33. The summed E-state index contributed by atoms with van der Waals surface area (Å²) in [4.78, 5) is 12.3. The van der Waals surface area contributed by atoms with Crippen molar-refractivity contribution in [1.29, 1.82) is 5.26 Å². The van der Waals surface area contributed by atoms with Crippen LogP contribution in [0.25, 0.3) is 0 Å². The predicted molar refractivity (Wildman–Crippen MR) is 96.8 cm³/mol. The summed E-state index contributed by atoms with van der Waals surface area (Å²) < 4.78 is 0. The minimum atomic E-state index is -0.452. The van der Waals surface area contributed by atoms with Gasteiger partial charge in [0.25, 0.3) is 5.91 Å². The summed E-state index contributed by atoms with van der Waals surface area (Å²) in [6.07, 6.45) is 2.97. The van der Waals surface area contributed by atoms with Crippen LogP contribution < -0.4 is 10.7 Å². The van der Waals surface area contributed by atoms with Crippen molar-refractivity contribution in [3.05, 3.63) is 29.3 Å². The Morgan fingerprint density at radius 2 is 2.08 bits per heavy atom. The molecule has 24 heavy (non-hydrogen) atoms. The molecule has 2 atom stereocenters. The molecule has 0 radical (unpaired) electrons. The van der Waals surface area contributed by atoms with Crippen LogP contribution in [0.1, 0.15) is 40.0 Å². The Balaban J connectivity index is 2.02. The van der Waals surface area contributed by atoms with E-state index >= 15 is 0 Å². The Bertz CT molecular complexity index is 678. The second kappa shape index (κ2) is 7.67. The fraction of sp³-hybridized carbons (Fsp3) is 0.500. The van der Waals surface area contributed by atoms with Gasteiger partial charge in [0.15, 0.2) is 0 Å². The number of nitrogens with zero attached hydrogens (tertiary/aromatic N) is 2. The number of benzene rings is 1. The minimum absolute atomic E-state index is 0.0649. The first kappa shape index (κ1) is 18.3. The van der Waals surface area contributed by atoms with Gasteiger partial charge in [-0.15, -0.1) is 0 Å². The second-order valence-corrected chi connectivity index (χ2v) is 7.65. The molecule has 0 saturated heterocycles. The first-order chi connectivity index (χ1) is 11.3. The summed E-state index contributed by atoms with van der Waals surface area (Å²) in [5.41, 5.74) is 3.22. The molecule has 1 amide bonds. The highest BCUT2D eigenvalue weighted by molar-refractivity contribution is 6.45. The molecule has 0 aliphatic heterocycles. The van der Waals surface area contributed by atoms with Gasteiger partial charge >= 0.3 is 0 Å². The van der Waals surface area contributed by atoms with E-state index in [9.17, 15) is 10.1 Å². The molecule has 1 aliphatic rings. The lowest BCUT2D eigenvalue weighted by Gasteiger charge is -2.39. The number of halogens is 1. The summed E-state index contributed by atoms with van der Waals surface area (Å²) in [5, 5.41) is 16.5. The third-order valence-electron chi connectivity index (χ3n) is 4.21. The van der Waals surface area contributed by atoms with Crippen LogP contribution in [0.15, 0.2) is 29.4 Å². The summed E-state index contributed by atoms with van der Waals surface area (Å²) in [5.74, 6) is 0.0923. The highest BCUT2D eigenvalue weighted by Crippen LogP contribution is 2.38. The third-order valence-corrected chi connectivity index (χ3v) is 4.53. The maximum absolute atomic E-state index is 12.3. The standard InChI is InChI=1S/C18H23ClN4O/c1-12-8-13(10-18(2,3)9-12)21-17(24)16(11-20)23-22-15-7-5-4-6-14(15)19/h4-7,12-13,22H,8-10H2,1-3H3,(H,21,24)/b23-16+. The van der Waals surface area contributed by atoms with E-state index in [1.807, 2.05) is 6.07 Å². The minimum Gasteiger partial charge on any atom is -0.347 e. The number of hydrogen-bond acceptors (Lipinski definition) is 4. The first-order valence-electron chi connectivity index (χ1n) is 8.10. The Hall–Kier alpha value is -2.06. The van der Waals surface area contributed by atoms with Gasteiger partial charge in [-0.05, 0) is 42.7 Å². The van der Waals surface area contributed by atoms with Gasteiger partial charge in [0.05, 0.1) is 10.7 Å². The number of nitrogens with one attached hydrogen (secondary N) is 2. The smallest absolute Gasteiger partial charge is 0.282 e. The van der Waals surface area contributed by atoms with Gasteiger partial charge in [-0.25, -0.2) is 0 Å². The quantitative estimate of drug-likeness (QED) is 0.639. The molecule has 2 unspecified atom stereocenters. The molecule has 1 fully saturated rings. The van der Waals surface area contributed by atoms with Crippen LogP contribution in [0, 0.1) is 22.7 Å². The molecule has 0 spiro atoms. The Kier molecular flexibility index (Phi) is 5.84. The van der Waals surface area contributed by atoms with E-state index in [4.69, 9.17) is 11.6 Å². The number of anilines is 1. The molecule has 6 heteroatoms. The summed E-state index contributed by atoms with van der Waals surface area (Å²) >= 11 is 6.02. The maximum atomic E-state index is 12.3. The van der Waals surface area contributed by atoms with Gasteiger partial charge < -0.3 is 5.32 Å². The zero-order valence-corrected chi connectivity index (χ0v) is 15.0. The van der Waals surface area contributed by atoms with E-state index in [1.54, 1.807) is 24.3 Å². The van der Waals surface area contributed by atoms with Gasteiger partial charge in [-0.2, -0.15) is 10.4 Å². The molecule has 1 aromatic rings. The van der Waals surface area contributed by atoms with Crippen LogP contribution in [0.2, 0.25) is 5.02 Å². The van der Waals surface area contributed by atoms with Crippen molar-refractivity contribution in [3.8, 4) is 6.07 Å². The topological polar surface area (TPSA) is 77.3 Å². The van der Waals surface area contributed by atoms with Crippen molar-refractivity contribution in [2.24, 2.45) is 16.4 Å². The highest BCUT2D eigenvalue weighted by atomic mass is 35.5. The van der Waals surface area contributed by atoms with E-state index in [2.05, 4.69) is 36.6 Å². The number of amides is 1. The molecule has 1 aromatic carbocycles. The number of para-hydroxylation sites is 1. The Morgan fingerprint density at radius 3 is 2.71 bits per heavy atom. The van der Waals surface area contributed by atoms with E-state index < -0.39 is 5.91 Å². The first-order valence-corrected chi connectivity index (χ1v) is 8.48. The van der Waals surface area contributed by atoms with E-state index in [-0.39, 0.29) is 17.2 Å². The molecule has 0 bridgehead atoms. The summed E-state index contributed by atoms with van der Waals surface area (Å²) in [6.45, 7) is 6.61. The van der Waals surface area contributed by atoms with Crippen LogP contribution in [0.3, 0.4) is 0 Å². The lowest BCUT2D eigenvalue weighted by molar-refractivity contribution is -0.115. The molecule has 2 N–H and O–H groups in total. The van der Waals surface area contributed by atoms with Gasteiger partial charge in [0.1, 0.15) is 6.07 Å². The molecule has 0 heterocycles. The van der Waals surface area contributed by atoms with Crippen LogP contribution in [0.5, 0.6) is 0 Å². The molecule has 5 nitrogen and oxygen atoms in total. The molecule has 1 aliphatic carbocycles. The molecule has 2 rings (SSSR count). The lowest BCUT2D eigenvalue weighted by Crippen LogP contribution is -2.45. The normalized spacial score (nSPS) is 23.2. The average molecular weight is 347 g/mol. The Morgan fingerprint density at radius 1 is 1.38 bits per heavy atom. The molecular formula is C18H23ClN4O. The van der Waals surface area contributed by atoms with Crippen molar-refractivity contribution < 1.29 is 4.79 Å². The molecule has 1 saturated carbocycles. The number of hydrazone groups is 1. The van der Waals surface area contributed by atoms with E-state index in [0.717, 1.165) is 19.3 Å². The molecular weight excluding hydrogens is 324 g/mol. The van der Waals surface area contributed by atoms with Gasteiger partial charge in [-0.1, -0.05) is 44.5 Å². The predicted octanol–water partition coefficient (Wildman–Crippen LogP) is 3.96. The number of rotatable bonds is 4. The van der Waals surface area contributed by atoms with Crippen molar-refractivity contribution in [2.75, 3.05) is 5.43 Å². The van der Waals surface area contributed by atoms with Crippen molar-refractivity contribution in [2.45, 2.75) is 46.1 Å². The lowest BCUT2D eigenvalue weighted by atomic mass is 9.70. The SMILES string of the molecule is CC1CC(NC(=O)/C(C#N)=N/Nc2ccccc2Cl)CC(C)(C)C1. The average Bonchev–Trinajstić information content (AvgIpc) is 2.47.